The third-order valence-electron chi connectivity index (χ3n) is 4.31. The number of amides is 1. The Morgan fingerprint density at radius 2 is 1.65 bits per heavy atom. The van der Waals surface area contributed by atoms with Crippen molar-refractivity contribution in [2.24, 2.45) is 0 Å². The molecule has 1 amide bonds. The number of hydrogen-bond acceptors (Lipinski definition) is 4. The second-order valence-electron chi connectivity index (χ2n) is 6.01. The van der Waals surface area contributed by atoms with Gasteiger partial charge in [0.2, 0.25) is 5.88 Å². The van der Waals surface area contributed by atoms with Gasteiger partial charge in [-0.1, -0.05) is 42.5 Å². The van der Waals surface area contributed by atoms with Gasteiger partial charge in [-0.2, -0.15) is 4.98 Å². The van der Waals surface area contributed by atoms with Crippen molar-refractivity contribution >= 4 is 16.8 Å². The molecule has 1 heterocycles. The van der Waals surface area contributed by atoms with Gasteiger partial charge in [0.25, 0.3) is 5.91 Å². The van der Waals surface area contributed by atoms with Gasteiger partial charge in [-0.3, -0.25) is 4.79 Å². The zero-order chi connectivity index (χ0) is 18.5. The molecule has 0 aliphatic carbocycles. The number of rotatable bonds is 6. The number of nitrogens with zero attached hydrogens (tertiary/aromatic N) is 3. The highest BCUT2D eigenvalue weighted by atomic mass is 16.5. The van der Waals surface area contributed by atoms with Gasteiger partial charge in [0.05, 0.1) is 10.9 Å². The molecule has 0 spiro atoms. The number of para-hydroxylation sites is 1. The van der Waals surface area contributed by atoms with Gasteiger partial charge in [-0.25, -0.2) is 4.98 Å². The highest BCUT2D eigenvalue weighted by Crippen LogP contribution is 2.27. The standard InChI is InChI=1S/C21H23N3O2/c1-4-24(5-2)21(25)15(3)26-20-17-13-9-10-14-18(17)22-19(23-20)16-11-7-6-8-12-16/h6-15H,4-5H2,1-3H3. The van der Waals surface area contributed by atoms with Gasteiger partial charge in [0.1, 0.15) is 0 Å². The number of aromatic nitrogens is 2. The molecule has 26 heavy (non-hydrogen) atoms. The number of carbonyl (C=O) groups is 1. The summed E-state index contributed by atoms with van der Waals surface area (Å²) in [5, 5.41) is 0.798. The summed E-state index contributed by atoms with van der Waals surface area (Å²) in [5.41, 5.74) is 1.70. The molecule has 0 radical (unpaired) electrons. The smallest absolute Gasteiger partial charge is 0.263 e. The Labute approximate surface area is 153 Å². The minimum Gasteiger partial charge on any atom is -0.464 e. The Morgan fingerprint density at radius 1 is 1.00 bits per heavy atom. The minimum absolute atomic E-state index is 0.0426. The van der Waals surface area contributed by atoms with Crippen molar-refractivity contribution in [3.05, 3.63) is 54.6 Å². The summed E-state index contributed by atoms with van der Waals surface area (Å²) in [5.74, 6) is 0.975. The molecule has 3 rings (SSSR count). The first-order valence-corrected chi connectivity index (χ1v) is 8.91. The van der Waals surface area contributed by atoms with Crippen LogP contribution in [-0.4, -0.2) is 40.0 Å². The second kappa shape index (κ2) is 7.95. The molecule has 1 aromatic heterocycles. The van der Waals surface area contributed by atoms with E-state index in [0.717, 1.165) is 16.5 Å². The number of carbonyl (C=O) groups excluding carboxylic acids is 1. The van der Waals surface area contributed by atoms with E-state index in [0.29, 0.717) is 24.8 Å². The zero-order valence-corrected chi connectivity index (χ0v) is 15.3. The van der Waals surface area contributed by atoms with E-state index >= 15 is 0 Å². The summed E-state index contributed by atoms with van der Waals surface area (Å²) in [7, 11) is 0. The van der Waals surface area contributed by atoms with E-state index in [9.17, 15) is 4.79 Å². The molecule has 0 bridgehead atoms. The van der Waals surface area contributed by atoms with E-state index in [1.54, 1.807) is 11.8 Å². The van der Waals surface area contributed by atoms with Gasteiger partial charge in [0, 0.05) is 18.7 Å². The predicted octanol–water partition coefficient (Wildman–Crippen LogP) is 3.93. The van der Waals surface area contributed by atoms with Gasteiger partial charge in [-0.15, -0.1) is 0 Å². The number of likely N-dealkylation sites (N-methyl/N-ethyl adjacent to an activating group) is 1. The van der Waals surface area contributed by atoms with E-state index < -0.39 is 6.10 Å². The van der Waals surface area contributed by atoms with Gasteiger partial charge >= 0.3 is 0 Å². The van der Waals surface area contributed by atoms with Crippen LogP contribution in [0.25, 0.3) is 22.3 Å². The van der Waals surface area contributed by atoms with Crippen LogP contribution < -0.4 is 4.74 Å². The molecule has 3 aromatic rings. The van der Waals surface area contributed by atoms with Crippen molar-refractivity contribution in [2.45, 2.75) is 26.9 Å². The number of ether oxygens (including phenoxy) is 1. The Bertz CT molecular complexity index is 892. The summed E-state index contributed by atoms with van der Waals surface area (Å²) in [6, 6.07) is 17.4. The van der Waals surface area contributed by atoms with E-state index in [4.69, 9.17) is 4.74 Å². The summed E-state index contributed by atoms with van der Waals surface area (Å²) < 4.78 is 5.99. The van der Waals surface area contributed by atoms with Crippen LogP contribution in [0.15, 0.2) is 54.6 Å². The van der Waals surface area contributed by atoms with E-state index in [-0.39, 0.29) is 5.91 Å². The molecular formula is C21H23N3O2. The van der Waals surface area contributed by atoms with Crippen molar-refractivity contribution < 1.29 is 9.53 Å². The SMILES string of the molecule is CCN(CC)C(=O)C(C)Oc1nc(-c2ccccc2)nc2ccccc12. The molecule has 0 aliphatic heterocycles. The minimum atomic E-state index is -0.614. The molecule has 0 saturated carbocycles. The lowest BCUT2D eigenvalue weighted by Gasteiger charge is -2.23. The molecule has 5 nitrogen and oxygen atoms in total. The Kier molecular flexibility index (Phi) is 5.46. The monoisotopic (exact) mass is 349 g/mol. The summed E-state index contributed by atoms with van der Waals surface area (Å²) in [4.78, 5) is 23.6. The molecule has 0 aliphatic rings. The second-order valence-corrected chi connectivity index (χ2v) is 6.01. The maximum atomic E-state index is 12.6. The van der Waals surface area contributed by atoms with Gasteiger partial charge in [-0.05, 0) is 32.9 Å². The maximum Gasteiger partial charge on any atom is 0.263 e. The summed E-state index contributed by atoms with van der Waals surface area (Å²) >= 11 is 0. The molecule has 0 N–H and O–H groups in total. The quantitative estimate of drug-likeness (QED) is 0.676. The van der Waals surface area contributed by atoms with Crippen molar-refractivity contribution in [1.29, 1.82) is 0 Å². The van der Waals surface area contributed by atoms with Crippen LogP contribution in [0.4, 0.5) is 0 Å². The first kappa shape index (κ1) is 17.9. The molecule has 0 saturated heterocycles. The molecule has 1 unspecified atom stereocenters. The lowest BCUT2D eigenvalue weighted by atomic mass is 10.2. The van der Waals surface area contributed by atoms with Crippen molar-refractivity contribution in [3.63, 3.8) is 0 Å². The van der Waals surface area contributed by atoms with Crippen LogP contribution in [0.1, 0.15) is 20.8 Å². The fraction of sp³-hybridized carbons (Fsp3) is 0.286. The largest absolute Gasteiger partial charge is 0.464 e. The van der Waals surface area contributed by atoms with Crippen LogP contribution in [0, 0.1) is 0 Å². The third-order valence-corrected chi connectivity index (χ3v) is 4.31. The molecule has 134 valence electrons. The topological polar surface area (TPSA) is 55.3 Å². The van der Waals surface area contributed by atoms with Crippen molar-refractivity contribution in [2.75, 3.05) is 13.1 Å². The van der Waals surface area contributed by atoms with Crippen molar-refractivity contribution in [1.82, 2.24) is 14.9 Å². The predicted molar refractivity (Wildman–Crippen MR) is 103 cm³/mol. The Hall–Kier alpha value is -2.95. The molecule has 0 fully saturated rings. The number of hydrogen-bond donors (Lipinski definition) is 0. The van der Waals surface area contributed by atoms with E-state index in [2.05, 4.69) is 9.97 Å². The molecule has 5 heteroatoms. The normalized spacial score (nSPS) is 12.0. The van der Waals surface area contributed by atoms with Gasteiger partial charge in [0.15, 0.2) is 11.9 Å². The van der Waals surface area contributed by atoms with E-state index in [1.165, 1.54) is 0 Å². The molecular weight excluding hydrogens is 326 g/mol. The lowest BCUT2D eigenvalue weighted by molar-refractivity contribution is -0.137. The highest BCUT2D eigenvalue weighted by molar-refractivity contribution is 5.86. The van der Waals surface area contributed by atoms with Gasteiger partial charge < -0.3 is 9.64 Å². The Balaban J connectivity index is 2.00. The van der Waals surface area contributed by atoms with E-state index in [1.807, 2.05) is 68.4 Å². The lowest BCUT2D eigenvalue weighted by Crippen LogP contribution is -2.40. The van der Waals surface area contributed by atoms with Crippen LogP contribution >= 0.6 is 0 Å². The summed E-state index contributed by atoms with van der Waals surface area (Å²) in [6.07, 6.45) is -0.614. The molecule has 1 atom stereocenters. The average molecular weight is 349 g/mol. The number of benzene rings is 2. The van der Waals surface area contributed by atoms with Crippen LogP contribution in [0.3, 0.4) is 0 Å². The maximum absolute atomic E-state index is 12.6. The highest BCUT2D eigenvalue weighted by Gasteiger charge is 2.22. The molecule has 2 aromatic carbocycles. The summed E-state index contributed by atoms with van der Waals surface area (Å²) in [6.45, 7) is 6.99. The first-order chi connectivity index (χ1) is 12.6. The Morgan fingerprint density at radius 3 is 2.35 bits per heavy atom. The van der Waals surface area contributed by atoms with Crippen LogP contribution in [-0.2, 0) is 4.79 Å². The fourth-order valence-electron chi connectivity index (χ4n) is 2.86. The van der Waals surface area contributed by atoms with Crippen molar-refractivity contribution in [3.8, 4) is 17.3 Å². The third kappa shape index (κ3) is 3.67. The number of fused-ring (bicyclic) bond motifs is 1. The van der Waals surface area contributed by atoms with Crippen LogP contribution in [0.5, 0.6) is 5.88 Å². The first-order valence-electron chi connectivity index (χ1n) is 8.91. The van der Waals surface area contributed by atoms with Crippen LogP contribution in [0.2, 0.25) is 0 Å². The zero-order valence-electron chi connectivity index (χ0n) is 15.3. The average Bonchev–Trinajstić information content (AvgIpc) is 2.69. The fourth-order valence-corrected chi connectivity index (χ4v) is 2.86.